The molecule has 0 bridgehead atoms. The molecule has 0 aromatic heterocycles. The van der Waals surface area contributed by atoms with Crippen LogP contribution in [-0.2, 0) is 6.18 Å². The zero-order valence-electron chi connectivity index (χ0n) is 15.1. The molecule has 0 saturated heterocycles. The molecule has 9 heteroatoms. The van der Waals surface area contributed by atoms with Crippen LogP contribution in [0, 0.1) is 11.6 Å². The quantitative estimate of drug-likeness (QED) is 0.549. The van der Waals surface area contributed by atoms with Crippen LogP contribution >= 0.6 is 0 Å². The summed E-state index contributed by atoms with van der Waals surface area (Å²) >= 11 is 0. The monoisotopic (exact) mass is 420 g/mol. The Labute approximate surface area is 167 Å². The molecule has 0 aliphatic heterocycles. The van der Waals surface area contributed by atoms with Crippen LogP contribution < -0.4 is 10.6 Å². The van der Waals surface area contributed by atoms with E-state index in [1.807, 2.05) is 0 Å². The van der Waals surface area contributed by atoms with Crippen molar-refractivity contribution in [3.05, 3.63) is 95.1 Å². The van der Waals surface area contributed by atoms with Crippen LogP contribution in [0.2, 0.25) is 0 Å². The summed E-state index contributed by atoms with van der Waals surface area (Å²) in [5.41, 5.74) is -1.69. The molecule has 0 unspecified atom stereocenters. The van der Waals surface area contributed by atoms with E-state index in [1.165, 1.54) is 30.3 Å². The number of hydrogen-bond donors (Lipinski definition) is 2. The minimum atomic E-state index is -4.56. The number of hydrogen-bond acceptors (Lipinski definition) is 2. The topological polar surface area (TPSA) is 58.2 Å². The fourth-order valence-corrected chi connectivity index (χ4v) is 2.62. The fourth-order valence-electron chi connectivity index (χ4n) is 2.62. The van der Waals surface area contributed by atoms with Gasteiger partial charge in [-0.15, -0.1) is 0 Å². The Kier molecular flexibility index (Phi) is 5.81. The number of rotatable bonds is 4. The molecule has 0 fully saturated rings. The number of amides is 2. The van der Waals surface area contributed by atoms with Crippen LogP contribution in [0.25, 0.3) is 0 Å². The molecule has 0 aliphatic carbocycles. The predicted octanol–water partition coefficient (Wildman–Crippen LogP) is 5.49. The molecule has 3 rings (SSSR count). The number of halogens is 5. The molecule has 2 amide bonds. The first-order valence-corrected chi connectivity index (χ1v) is 8.49. The lowest BCUT2D eigenvalue weighted by atomic mass is 10.1. The Balaban J connectivity index is 1.77. The number of benzene rings is 3. The summed E-state index contributed by atoms with van der Waals surface area (Å²) < 4.78 is 65.8. The van der Waals surface area contributed by atoms with Crippen LogP contribution in [0.15, 0.2) is 66.7 Å². The summed E-state index contributed by atoms with van der Waals surface area (Å²) in [5, 5.41) is 4.61. The van der Waals surface area contributed by atoms with E-state index >= 15 is 0 Å². The SMILES string of the molecule is O=C(Nc1cccc(C(F)(F)F)c1)c1cccc(NC(=O)c2c(F)cccc2F)c1. The standard InChI is InChI=1S/C21H13F5N2O2/c22-16-8-3-9-17(23)18(16)20(30)28-14-6-1-4-12(10-14)19(29)27-15-7-2-5-13(11-15)21(24,25)26/h1-11H,(H,27,29)(H,28,30). The Morgan fingerprint density at radius 3 is 1.87 bits per heavy atom. The van der Waals surface area contributed by atoms with Gasteiger partial charge in [0.05, 0.1) is 5.56 Å². The maximum atomic E-state index is 13.7. The zero-order valence-corrected chi connectivity index (χ0v) is 15.1. The van der Waals surface area contributed by atoms with Gasteiger partial charge in [-0.25, -0.2) is 8.78 Å². The first-order chi connectivity index (χ1) is 14.1. The second-order valence-corrected chi connectivity index (χ2v) is 6.16. The summed E-state index contributed by atoms with van der Waals surface area (Å²) in [7, 11) is 0. The van der Waals surface area contributed by atoms with Gasteiger partial charge in [0, 0.05) is 16.9 Å². The van der Waals surface area contributed by atoms with Gasteiger partial charge in [0.15, 0.2) is 0 Å². The minimum absolute atomic E-state index is 0.0132. The molecule has 0 radical (unpaired) electrons. The van der Waals surface area contributed by atoms with Crippen LogP contribution in [0.5, 0.6) is 0 Å². The van der Waals surface area contributed by atoms with Crippen molar-refractivity contribution in [1.82, 2.24) is 0 Å². The number of nitrogens with one attached hydrogen (secondary N) is 2. The maximum Gasteiger partial charge on any atom is 0.416 e. The van der Waals surface area contributed by atoms with E-state index in [4.69, 9.17) is 0 Å². The largest absolute Gasteiger partial charge is 0.416 e. The average Bonchev–Trinajstić information content (AvgIpc) is 2.67. The van der Waals surface area contributed by atoms with Gasteiger partial charge in [-0.2, -0.15) is 13.2 Å². The Hall–Kier alpha value is -3.75. The highest BCUT2D eigenvalue weighted by atomic mass is 19.4. The average molecular weight is 420 g/mol. The fraction of sp³-hybridized carbons (Fsp3) is 0.0476. The van der Waals surface area contributed by atoms with Crippen LogP contribution in [0.4, 0.5) is 33.3 Å². The van der Waals surface area contributed by atoms with E-state index < -0.39 is 40.8 Å². The van der Waals surface area contributed by atoms with Crippen molar-refractivity contribution < 1.29 is 31.5 Å². The van der Waals surface area contributed by atoms with E-state index in [0.717, 1.165) is 36.4 Å². The summed E-state index contributed by atoms with van der Waals surface area (Å²) in [6, 6.07) is 12.4. The number of alkyl halides is 3. The molecule has 0 aliphatic rings. The van der Waals surface area contributed by atoms with Crippen LogP contribution in [-0.4, -0.2) is 11.8 Å². The smallest absolute Gasteiger partial charge is 0.322 e. The highest BCUT2D eigenvalue weighted by Gasteiger charge is 2.30. The first-order valence-electron chi connectivity index (χ1n) is 8.49. The minimum Gasteiger partial charge on any atom is -0.322 e. The lowest BCUT2D eigenvalue weighted by Gasteiger charge is -2.11. The van der Waals surface area contributed by atoms with Gasteiger partial charge in [-0.3, -0.25) is 9.59 Å². The maximum absolute atomic E-state index is 13.7. The summed E-state index contributed by atoms with van der Waals surface area (Å²) in [5.74, 6) is -3.89. The third-order valence-corrected chi connectivity index (χ3v) is 4.02. The predicted molar refractivity (Wildman–Crippen MR) is 100 cm³/mol. The van der Waals surface area contributed by atoms with Crippen molar-refractivity contribution in [3.8, 4) is 0 Å². The molecular weight excluding hydrogens is 407 g/mol. The van der Waals surface area contributed by atoms with Gasteiger partial charge in [0.25, 0.3) is 11.8 Å². The molecule has 30 heavy (non-hydrogen) atoms. The van der Waals surface area contributed by atoms with Gasteiger partial charge < -0.3 is 10.6 Å². The number of carbonyl (C=O) groups is 2. The second-order valence-electron chi connectivity index (χ2n) is 6.16. The van der Waals surface area contributed by atoms with E-state index in [1.54, 1.807) is 0 Å². The molecule has 154 valence electrons. The van der Waals surface area contributed by atoms with Gasteiger partial charge in [-0.05, 0) is 48.5 Å². The zero-order chi connectivity index (χ0) is 21.9. The molecule has 0 heterocycles. The van der Waals surface area contributed by atoms with E-state index in [2.05, 4.69) is 10.6 Å². The van der Waals surface area contributed by atoms with Gasteiger partial charge in [-0.1, -0.05) is 18.2 Å². The third kappa shape index (κ3) is 4.80. The van der Waals surface area contributed by atoms with Crippen molar-refractivity contribution in [2.45, 2.75) is 6.18 Å². The number of carbonyl (C=O) groups excluding carboxylic acids is 2. The highest BCUT2D eigenvalue weighted by molar-refractivity contribution is 6.07. The first kappa shape index (κ1) is 21.0. The highest BCUT2D eigenvalue weighted by Crippen LogP contribution is 2.30. The van der Waals surface area contributed by atoms with Crippen LogP contribution in [0.1, 0.15) is 26.3 Å². The lowest BCUT2D eigenvalue weighted by molar-refractivity contribution is -0.137. The van der Waals surface area contributed by atoms with E-state index in [9.17, 15) is 31.5 Å². The lowest BCUT2D eigenvalue weighted by Crippen LogP contribution is -2.17. The van der Waals surface area contributed by atoms with Gasteiger partial charge in [0.2, 0.25) is 0 Å². The van der Waals surface area contributed by atoms with Crippen molar-refractivity contribution in [1.29, 1.82) is 0 Å². The molecule has 0 atom stereocenters. The van der Waals surface area contributed by atoms with E-state index in [-0.39, 0.29) is 16.9 Å². The summed E-state index contributed by atoms with van der Waals surface area (Å²) in [4.78, 5) is 24.5. The molecule has 0 spiro atoms. The third-order valence-electron chi connectivity index (χ3n) is 4.02. The van der Waals surface area contributed by atoms with Gasteiger partial charge >= 0.3 is 6.18 Å². The molecule has 0 saturated carbocycles. The molecule has 2 N–H and O–H groups in total. The molecule has 4 nitrogen and oxygen atoms in total. The van der Waals surface area contributed by atoms with E-state index in [0.29, 0.717) is 0 Å². The Morgan fingerprint density at radius 2 is 1.23 bits per heavy atom. The summed E-state index contributed by atoms with van der Waals surface area (Å²) in [6.45, 7) is 0. The van der Waals surface area contributed by atoms with Crippen molar-refractivity contribution in [2.75, 3.05) is 10.6 Å². The summed E-state index contributed by atoms with van der Waals surface area (Å²) in [6.07, 6.45) is -4.56. The van der Waals surface area contributed by atoms with Gasteiger partial charge in [0.1, 0.15) is 17.2 Å². The van der Waals surface area contributed by atoms with Crippen molar-refractivity contribution >= 4 is 23.2 Å². The Morgan fingerprint density at radius 1 is 0.700 bits per heavy atom. The number of anilines is 2. The second kappa shape index (κ2) is 8.32. The van der Waals surface area contributed by atoms with Crippen LogP contribution in [0.3, 0.4) is 0 Å². The van der Waals surface area contributed by atoms with Crippen molar-refractivity contribution in [3.63, 3.8) is 0 Å². The normalized spacial score (nSPS) is 11.1. The Bertz CT molecular complexity index is 1090. The van der Waals surface area contributed by atoms with Crippen molar-refractivity contribution in [2.24, 2.45) is 0 Å². The molecular formula is C21H13F5N2O2. The molecule has 3 aromatic rings. The molecule has 3 aromatic carbocycles.